The third-order valence-corrected chi connectivity index (χ3v) is 10.1. The lowest BCUT2D eigenvalue weighted by molar-refractivity contribution is -0.148. The molecular weight excluding hydrogens is 565 g/mol. The number of rotatable bonds is 13. The minimum atomic E-state index is -3.12. The van der Waals surface area contributed by atoms with E-state index in [-0.39, 0.29) is 37.0 Å². The van der Waals surface area contributed by atoms with Gasteiger partial charge in [0.1, 0.15) is 17.8 Å². The van der Waals surface area contributed by atoms with E-state index >= 15 is 0 Å². The molecule has 3 atom stereocenters. The minimum Gasteiger partial charge on any atom is -0.508 e. The Morgan fingerprint density at radius 1 is 0.930 bits per heavy atom. The number of hydrogen-bond donors (Lipinski definition) is 3. The van der Waals surface area contributed by atoms with Crippen LogP contribution in [-0.2, 0) is 42.4 Å². The number of likely N-dealkylation sites (tertiary alicyclic amines) is 1. The van der Waals surface area contributed by atoms with E-state index in [9.17, 15) is 24.1 Å². The molecule has 4 rings (SSSR count). The van der Waals surface area contributed by atoms with E-state index in [0.29, 0.717) is 19.4 Å². The molecular formula is C33H40N3O6P. The lowest BCUT2D eigenvalue weighted by Gasteiger charge is -2.30. The molecule has 0 radical (unpaired) electrons. The molecule has 1 heterocycles. The number of carbonyl (C=O) groups excluding carboxylic acids is 3. The van der Waals surface area contributed by atoms with Gasteiger partial charge >= 0.3 is 5.97 Å². The Hall–Kier alpha value is -3.94. The predicted molar refractivity (Wildman–Crippen MR) is 166 cm³/mol. The molecule has 1 aliphatic heterocycles. The summed E-state index contributed by atoms with van der Waals surface area (Å²) in [6, 6.07) is 22.9. The van der Waals surface area contributed by atoms with Crippen LogP contribution >= 0.6 is 7.29 Å². The summed E-state index contributed by atoms with van der Waals surface area (Å²) in [4.78, 5) is 41.5. The van der Waals surface area contributed by atoms with Gasteiger partial charge in [-0.05, 0) is 55.5 Å². The molecule has 3 aromatic rings. The Morgan fingerprint density at radius 2 is 1.51 bits per heavy atom. The Morgan fingerprint density at radius 3 is 2.07 bits per heavy atom. The van der Waals surface area contributed by atoms with Crippen LogP contribution in [0.2, 0.25) is 0 Å². The first kappa shape index (κ1) is 32.0. The van der Waals surface area contributed by atoms with Crippen LogP contribution in [0, 0.1) is 0 Å². The van der Waals surface area contributed by atoms with Crippen molar-refractivity contribution in [3.05, 3.63) is 102 Å². The number of amides is 2. The first-order chi connectivity index (χ1) is 20.7. The highest BCUT2D eigenvalue weighted by Crippen LogP contribution is 2.49. The van der Waals surface area contributed by atoms with Crippen molar-refractivity contribution >= 4 is 25.1 Å². The molecule has 3 aromatic carbocycles. The van der Waals surface area contributed by atoms with E-state index < -0.39 is 37.3 Å². The number of phenols is 1. The third-order valence-electron chi connectivity index (χ3n) is 7.46. The number of hydrogen-bond acceptors (Lipinski definition) is 6. The second-order valence-electron chi connectivity index (χ2n) is 10.9. The first-order valence-electron chi connectivity index (χ1n) is 14.7. The number of esters is 1. The maximum atomic E-state index is 14.3. The number of nitrogens with zero attached hydrogens (tertiary/aromatic N) is 1. The summed E-state index contributed by atoms with van der Waals surface area (Å²) in [6.45, 7) is 3.92. The molecule has 228 valence electrons. The molecule has 9 nitrogen and oxygen atoms in total. The van der Waals surface area contributed by atoms with Crippen LogP contribution in [-0.4, -0.2) is 59.1 Å². The zero-order valence-electron chi connectivity index (χ0n) is 24.6. The van der Waals surface area contributed by atoms with Crippen LogP contribution in [0.5, 0.6) is 5.75 Å². The number of aromatic hydroxyl groups is 1. The van der Waals surface area contributed by atoms with Crippen LogP contribution in [0.15, 0.2) is 84.9 Å². The largest absolute Gasteiger partial charge is 0.508 e. The van der Waals surface area contributed by atoms with Crippen molar-refractivity contribution < 1.29 is 28.8 Å². The monoisotopic (exact) mass is 605 g/mol. The van der Waals surface area contributed by atoms with E-state index in [1.165, 1.54) is 17.0 Å². The van der Waals surface area contributed by atoms with E-state index in [4.69, 9.17) is 4.74 Å². The molecule has 3 N–H and O–H groups in total. The number of carbonyl (C=O) groups is 3. The topological polar surface area (TPSA) is 125 Å². The molecule has 0 aliphatic carbocycles. The fourth-order valence-corrected chi connectivity index (χ4v) is 8.15. The fourth-order valence-electron chi connectivity index (χ4n) is 5.44. The number of ether oxygens (including phenoxy) is 1. The van der Waals surface area contributed by atoms with Gasteiger partial charge in [0.25, 0.3) is 0 Å². The molecule has 1 saturated heterocycles. The van der Waals surface area contributed by atoms with Gasteiger partial charge in [-0.3, -0.25) is 14.7 Å². The molecule has 1 fully saturated rings. The highest BCUT2D eigenvalue weighted by atomic mass is 31.2. The van der Waals surface area contributed by atoms with Gasteiger partial charge in [-0.25, -0.2) is 4.79 Å². The highest BCUT2D eigenvalue weighted by molar-refractivity contribution is 7.60. The average molecular weight is 606 g/mol. The van der Waals surface area contributed by atoms with Crippen LogP contribution in [0.1, 0.15) is 43.4 Å². The van der Waals surface area contributed by atoms with Crippen molar-refractivity contribution in [1.29, 1.82) is 0 Å². The zero-order chi connectivity index (χ0) is 30.8. The van der Waals surface area contributed by atoms with E-state index in [2.05, 4.69) is 10.4 Å². The second-order valence-corrected chi connectivity index (χ2v) is 13.6. The fraction of sp³-hybridized carbons (Fsp3) is 0.364. The standard InChI is InChI=1S/C33H40N3O6P/c1-3-42-33(40)29(21-25-16-18-28(37)19-17-25)34-31(38)30-15-10-20-36(30)32(39)24(2)35-43(41,22-26-11-6-4-7-12-26)23-27-13-8-5-9-14-27/h4-9,11-14,16-19,24,29-30,37H,3,10,15,20-23H2,1-2H3,(H,34,38)(H,35,41)/t24-,29-,30-/m0/s1. The van der Waals surface area contributed by atoms with Crippen molar-refractivity contribution in [1.82, 2.24) is 15.3 Å². The summed E-state index contributed by atoms with van der Waals surface area (Å²) in [7, 11) is -3.12. The van der Waals surface area contributed by atoms with Gasteiger partial charge in [0.05, 0.1) is 12.6 Å². The average Bonchev–Trinajstić information content (AvgIpc) is 3.49. The predicted octanol–water partition coefficient (Wildman–Crippen LogP) is 4.63. The Labute approximate surface area is 253 Å². The summed E-state index contributed by atoms with van der Waals surface area (Å²) >= 11 is 0. The minimum absolute atomic E-state index is 0.0976. The Balaban J connectivity index is 1.47. The van der Waals surface area contributed by atoms with Gasteiger partial charge in [0, 0.05) is 25.3 Å². The van der Waals surface area contributed by atoms with Crippen molar-refractivity contribution in [3.63, 3.8) is 0 Å². The van der Waals surface area contributed by atoms with Crippen molar-refractivity contribution in [2.24, 2.45) is 0 Å². The van der Waals surface area contributed by atoms with Crippen LogP contribution in [0.4, 0.5) is 0 Å². The van der Waals surface area contributed by atoms with Crippen molar-refractivity contribution in [3.8, 4) is 5.75 Å². The van der Waals surface area contributed by atoms with Crippen LogP contribution in [0.25, 0.3) is 0 Å². The zero-order valence-corrected chi connectivity index (χ0v) is 25.5. The summed E-state index contributed by atoms with van der Waals surface area (Å²) in [5, 5.41) is 15.6. The molecule has 0 saturated carbocycles. The van der Waals surface area contributed by atoms with Crippen LogP contribution < -0.4 is 10.4 Å². The number of nitrogens with one attached hydrogen (secondary N) is 2. The van der Waals surface area contributed by atoms with Crippen molar-refractivity contribution in [2.75, 3.05) is 13.2 Å². The molecule has 2 amide bonds. The lowest BCUT2D eigenvalue weighted by atomic mass is 10.0. The van der Waals surface area contributed by atoms with E-state index in [1.807, 2.05) is 60.7 Å². The molecule has 0 spiro atoms. The quantitative estimate of drug-likeness (QED) is 0.192. The molecule has 1 aliphatic rings. The SMILES string of the molecule is CCOC(=O)[C@H](Cc1ccc(O)cc1)NC(=O)[C@@H]1CCCN1C(=O)[C@H](C)NP(=O)(Cc1ccccc1)Cc1ccccc1. The molecule has 10 heteroatoms. The highest BCUT2D eigenvalue weighted by Gasteiger charge is 2.39. The summed E-state index contributed by atoms with van der Waals surface area (Å²) < 4.78 is 19.5. The van der Waals surface area contributed by atoms with Gasteiger partial charge in [0.15, 0.2) is 7.29 Å². The van der Waals surface area contributed by atoms with E-state index in [0.717, 1.165) is 16.7 Å². The van der Waals surface area contributed by atoms with Gasteiger partial charge in [-0.15, -0.1) is 0 Å². The Kier molecular flexibility index (Phi) is 11.1. The van der Waals surface area contributed by atoms with Gasteiger partial charge < -0.3 is 24.6 Å². The van der Waals surface area contributed by atoms with Gasteiger partial charge in [-0.2, -0.15) is 0 Å². The molecule has 43 heavy (non-hydrogen) atoms. The van der Waals surface area contributed by atoms with Gasteiger partial charge in [0.2, 0.25) is 11.8 Å². The lowest BCUT2D eigenvalue weighted by Crippen LogP contribution is -2.54. The summed E-state index contributed by atoms with van der Waals surface area (Å²) in [5.41, 5.74) is 2.55. The summed E-state index contributed by atoms with van der Waals surface area (Å²) in [6.07, 6.45) is 1.81. The third kappa shape index (κ3) is 9.02. The smallest absolute Gasteiger partial charge is 0.328 e. The maximum Gasteiger partial charge on any atom is 0.328 e. The first-order valence-corrected chi connectivity index (χ1v) is 16.7. The second kappa shape index (κ2) is 15.0. The maximum absolute atomic E-state index is 14.3. The molecule has 0 aromatic heterocycles. The van der Waals surface area contributed by atoms with Gasteiger partial charge in [-0.1, -0.05) is 72.8 Å². The molecule has 0 unspecified atom stereocenters. The van der Waals surface area contributed by atoms with Crippen LogP contribution in [0.3, 0.4) is 0 Å². The van der Waals surface area contributed by atoms with E-state index in [1.54, 1.807) is 26.0 Å². The number of benzene rings is 3. The summed E-state index contributed by atoms with van der Waals surface area (Å²) in [5.74, 6) is -1.23. The Bertz CT molecular complexity index is 1370. The number of phenolic OH excluding ortho intramolecular Hbond substituents is 1. The van der Waals surface area contributed by atoms with Crippen molar-refractivity contribution in [2.45, 2.75) is 63.6 Å². The normalized spacial score (nSPS) is 16.3. The molecule has 0 bridgehead atoms.